The second-order valence-corrected chi connectivity index (χ2v) is 4.75. The Balaban J connectivity index is 1.97. The van der Waals surface area contributed by atoms with E-state index < -0.39 is 0 Å². The highest BCUT2D eigenvalue weighted by molar-refractivity contribution is 5.58. The number of nitrogen functional groups attached to an aromatic ring is 1. The second kappa shape index (κ2) is 3.01. The number of rotatable bonds is 2. The molecule has 1 nitrogen and oxygen atoms in total. The summed E-state index contributed by atoms with van der Waals surface area (Å²) < 4.78 is 0. The molecule has 0 unspecified atom stereocenters. The van der Waals surface area contributed by atoms with Gasteiger partial charge in [0.15, 0.2) is 0 Å². The molecule has 0 aliphatic heterocycles. The summed E-state index contributed by atoms with van der Waals surface area (Å²) in [6.07, 6.45) is 6.77. The fourth-order valence-corrected chi connectivity index (χ4v) is 2.43. The van der Waals surface area contributed by atoms with Crippen LogP contribution in [0.15, 0.2) is 18.2 Å². The maximum Gasteiger partial charge on any atom is 0.0384 e. The molecule has 1 heteroatoms. The molecule has 2 aliphatic rings. The fraction of sp³-hybridized carbons (Fsp3) is 0.538. The van der Waals surface area contributed by atoms with Gasteiger partial charge in [0, 0.05) is 5.69 Å². The van der Waals surface area contributed by atoms with Gasteiger partial charge in [-0.15, -0.1) is 0 Å². The van der Waals surface area contributed by atoms with E-state index in [9.17, 15) is 0 Å². The lowest BCUT2D eigenvalue weighted by Crippen LogP contribution is -2.12. The number of para-hydroxylation sites is 1. The van der Waals surface area contributed by atoms with Crippen LogP contribution in [-0.4, -0.2) is 0 Å². The van der Waals surface area contributed by atoms with E-state index in [1.807, 2.05) is 0 Å². The minimum absolute atomic E-state index is 0.772. The maximum absolute atomic E-state index is 6.23. The van der Waals surface area contributed by atoms with Crippen LogP contribution in [0, 0.1) is 0 Å². The van der Waals surface area contributed by atoms with Crippen LogP contribution in [-0.2, 0) is 0 Å². The van der Waals surface area contributed by atoms with Gasteiger partial charge in [-0.1, -0.05) is 24.6 Å². The SMILES string of the molecule is Nc1c(C2CCC2)cccc1C1CC1. The molecule has 1 aromatic rings. The molecule has 0 spiro atoms. The molecule has 1 aromatic carbocycles. The molecule has 0 atom stereocenters. The van der Waals surface area contributed by atoms with Crippen LogP contribution >= 0.6 is 0 Å². The third-order valence-electron chi connectivity index (χ3n) is 3.74. The summed E-state index contributed by atoms with van der Waals surface area (Å²) in [5.41, 5.74) is 10.2. The second-order valence-electron chi connectivity index (χ2n) is 4.75. The summed E-state index contributed by atoms with van der Waals surface area (Å²) in [5, 5.41) is 0. The van der Waals surface area contributed by atoms with Crippen LogP contribution in [0.5, 0.6) is 0 Å². The molecule has 2 N–H and O–H groups in total. The lowest BCUT2D eigenvalue weighted by atomic mass is 9.78. The lowest BCUT2D eigenvalue weighted by Gasteiger charge is -2.27. The Morgan fingerprint density at radius 2 is 1.50 bits per heavy atom. The Morgan fingerprint density at radius 1 is 0.929 bits per heavy atom. The monoisotopic (exact) mass is 187 g/mol. The van der Waals surface area contributed by atoms with Crippen molar-refractivity contribution in [3.8, 4) is 0 Å². The minimum atomic E-state index is 0.772. The van der Waals surface area contributed by atoms with E-state index in [-0.39, 0.29) is 0 Å². The average molecular weight is 187 g/mol. The van der Waals surface area contributed by atoms with Gasteiger partial charge in [0.1, 0.15) is 0 Å². The Labute approximate surface area is 85.3 Å². The normalized spacial score (nSPS) is 22.0. The van der Waals surface area contributed by atoms with E-state index >= 15 is 0 Å². The fourth-order valence-electron chi connectivity index (χ4n) is 2.43. The molecule has 0 aromatic heterocycles. The highest BCUT2D eigenvalue weighted by Crippen LogP contribution is 2.46. The summed E-state index contributed by atoms with van der Waals surface area (Å²) in [6, 6.07) is 6.64. The molecule has 0 amide bonds. The zero-order valence-corrected chi connectivity index (χ0v) is 8.50. The Bertz CT molecular complexity index is 348. The average Bonchev–Trinajstić information content (AvgIpc) is 2.88. The summed E-state index contributed by atoms with van der Waals surface area (Å²) in [5.74, 6) is 1.56. The first-order chi connectivity index (χ1) is 6.86. The van der Waals surface area contributed by atoms with Gasteiger partial charge in [-0.2, -0.15) is 0 Å². The molecule has 2 fully saturated rings. The molecule has 0 saturated heterocycles. The van der Waals surface area contributed by atoms with Crippen molar-refractivity contribution >= 4 is 5.69 Å². The van der Waals surface area contributed by atoms with Gasteiger partial charge in [-0.25, -0.2) is 0 Å². The zero-order chi connectivity index (χ0) is 9.54. The Morgan fingerprint density at radius 3 is 1.93 bits per heavy atom. The minimum Gasteiger partial charge on any atom is -0.398 e. The van der Waals surface area contributed by atoms with Crippen molar-refractivity contribution in [2.45, 2.75) is 43.9 Å². The summed E-state index contributed by atoms with van der Waals surface area (Å²) in [6.45, 7) is 0. The van der Waals surface area contributed by atoms with E-state index in [4.69, 9.17) is 5.73 Å². The third kappa shape index (κ3) is 1.23. The molecule has 3 rings (SSSR count). The van der Waals surface area contributed by atoms with Crippen molar-refractivity contribution in [1.29, 1.82) is 0 Å². The predicted octanol–water partition coefficient (Wildman–Crippen LogP) is 3.41. The summed E-state index contributed by atoms with van der Waals surface area (Å²) in [4.78, 5) is 0. The van der Waals surface area contributed by atoms with Crippen LogP contribution in [0.4, 0.5) is 5.69 Å². The molecule has 0 heterocycles. The number of benzene rings is 1. The van der Waals surface area contributed by atoms with Crippen LogP contribution in [0.1, 0.15) is 55.1 Å². The number of hydrogen-bond acceptors (Lipinski definition) is 1. The first kappa shape index (κ1) is 8.34. The summed E-state index contributed by atoms with van der Waals surface area (Å²) in [7, 11) is 0. The standard InChI is InChI=1S/C13H17N/c14-13-11(9-3-1-4-9)5-2-6-12(13)10-7-8-10/h2,5-6,9-10H,1,3-4,7-8,14H2. The van der Waals surface area contributed by atoms with Gasteiger partial charge in [0.05, 0.1) is 0 Å². The quantitative estimate of drug-likeness (QED) is 0.705. The van der Waals surface area contributed by atoms with Gasteiger partial charge in [-0.3, -0.25) is 0 Å². The van der Waals surface area contributed by atoms with Gasteiger partial charge < -0.3 is 5.73 Å². The topological polar surface area (TPSA) is 26.0 Å². The lowest BCUT2D eigenvalue weighted by molar-refractivity contribution is 0.420. The van der Waals surface area contributed by atoms with Crippen LogP contribution < -0.4 is 5.73 Å². The number of hydrogen-bond donors (Lipinski definition) is 1. The van der Waals surface area contributed by atoms with Gasteiger partial charge in [-0.05, 0) is 48.6 Å². The van der Waals surface area contributed by atoms with Crippen molar-refractivity contribution < 1.29 is 0 Å². The molecule has 14 heavy (non-hydrogen) atoms. The van der Waals surface area contributed by atoms with Crippen molar-refractivity contribution in [2.24, 2.45) is 0 Å². The van der Waals surface area contributed by atoms with Crippen LogP contribution in [0.2, 0.25) is 0 Å². The van der Waals surface area contributed by atoms with E-state index in [2.05, 4.69) is 18.2 Å². The molecular weight excluding hydrogens is 170 g/mol. The van der Waals surface area contributed by atoms with Crippen LogP contribution in [0.3, 0.4) is 0 Å². The number of nitrogens with two attached hydrogens (primary N) is 1. The predicted molar refractivity (Wildman–Crippen MR) is 59.4 cm³/mol. The van der Waals surface area contributed by atoms with E-state index in [0.29, 0.717) is 0 Å². The Kier molecular flexibility index (Phi) is 1.79. The van der Waals surface area contributed by atoms with Crippen molar-refractivity contribution in [3.05, 3.63) is 29.3 Å². The first-order valence-corrected chi connectivity index (χ1v) is 5.74. The zero-order valence-electron chi connectivity index (χ0n) is 8.50. The molecule has 2 aliphatic carbocycles. The molecule has 0 radical (unpaired) electrons. The highest BCUT2D eigenvalue weighted by Gasteiger charge is 2.28. The maximum atomic E-state index is 6.23. The molecule has 74 valence electrons. The van der Waals surface area contributed by atoms with Gasteiger partial charge >= 0.3 is 0 Å². The Hall–Kier alpha value is -0.980. The molecular formula is C13H17N. The van der Waals surface area contributed by atoms with Crippen molar-refractivity contribution in [1.82, 2.24) is 0 Å². The van der Waals surface area contributed by atoms with E-state index in [1.54, 1.807) is 0 Å². The summed E-state index contributed by atoms with van der Waals surface area (Å²) >= 11 is 0. The van der Waals surface area contributed by atoms with Gasteiger partial charge in [0.2, 0.25) is 0 Å². The molecule has 0 bridgehead atoms. The van der Waals surface area contributed by atoms with Crippen molar-refractivity contribution in [2.75, 3.05) is 5.73 Å². The van der Waals surface area contributed by atoms with Gasteiger partial charge in [0.25, 0.3) is 0 Å². The number of anilines is 1. The third-order valence-corrected chi connectivity index (χ3v) is 3.74. The van der Waals surface area contributed by atoms with Crippen molar-refractivity contribution in [3.63, 3.8) is 0 Å². The largest absolute Gasteiger partial charge is 0.398 e. The highest BCUT2D eigenvalue weighted by atomic mass is 14.6. The smallest absolute Gasteiger partial charge is 0.0384 e. The van der Waals surface area contributed by atoms with Crippen LogP contribution in [0.25, 0.3) is 0 Å². The molecule has 2 saturated carbocycles. The van der Waals surface area contributed by atoms with E-state index in [0.717, 1.165) is 17.5 Å². The first-order valence-electron chi connectivity index (χ1n) is 5.74. The van der Waals surface area contributed by atoms with E-state index in [1.165, 1.54) is 43.2 Å².